The average Bonchev–Trinajstić information content (AvgIpc) is 2.32. The molecule has 10 heteroatoms. The fourth-order valence-electron chi connectivity index (χ4n) is 1.74. The topological polar surface area (TPSA) is 159 Å². The van der Waals surface area contributed by atoms with Crippen LogP contribution in [0.25, 0.3) is 0 Å². The third kappa shape index (κ3) is 3.68. The fourth-order valence-corrected chi connectivity index (χ4v) is 1.74. The number of nitrogens with two attached hydrogens (primary N) is 1. The Balaban J connectivity index is 2.90. The molecule has 1 aliphatic heterocycles. The highest BCUT2D eigenvalue weighted by Gasteiger charge is 2.44. The number of hydrogen-bond donors (Lipinski definition) is 4. The van der Waals surface area contributed by atoms with Crippen LogP contribution in [0.5, 0.6) is 0 Å². The third-order valence-electron chi connectivity index (χ3n) is 3.03. The molecule has 10 nitrogen and oxygen atoms in total. The summed E-state index contributed by atoms with van der Waals surface area (Å²) in [5.41, 5.74) is 3.56. The Kier molecular flexibility index (Phi) is 4.51. The van der Waals surface area contributed by atoms with Gasteiger partial charge in [-0.25, -0.2) is 9.59 Å². The first kappa shape index (κ1) is 16.4. The SMILES string of the molecule is CC1(C)C(=O)NC(=O)CN1C(=O)N[C@H](CC(N)=O)C(=O)O. The van der Waals surface area contributed by atoms with E-state index in [9.17, 15) is 24.0 Å². The Morgan fingerprint density at radius 2 is 2.00 bits per heavy atom. The summed E-state index contributed by atoms with van der Waals surface area (Å²) >= 11 is 0. The fraction of sp³-hybridized carbons (Fsp3) is 0.545. The summed E-state index contributed by atoms with van der Waals surface area (Å²) in [6, 6.07) is -2.48. The number of carbonyl (C=O) groups excluding carboxylic acids is 4. The minimum atomic E-state index is -1.54. The Bertz CT molecular complexity index is 515. The van der Waals surface area contributed by atoms with Crippen molar-refractivity contribution in [3.63, 3.8) is 0 Å². The van der Waals surface area contributed by atoms with Crippen molar-refractivity contribution in [2.75, 3.05) is 6.54 Å². The van der Waals surface area contributed by atoms with Crippen LogP contribution in [0.4, 0.5) is 4.79 Å². The van der Waals surface area contributed by atoms with E-state index in [0.717, 1.165) is 4.90 Å². The molecular weight excluding hydrogens is 284 g/mol. The van der Waals surface area contributed by atoms with Crippen LogP contribution in [-0.2, 0) is 19.2 Å². The lowest BCUT2D eigenvalue weighted by Gasteiger charge is -2.40. The van der Waals surface area contributed by atoms with Gasteiger partial charge in [-0.2, -0.15) is 0 Å². The second-order valence-corrected chi connectivity index (χ2v) is 5.03. The van der Waals surface area contributed by atoms with E-state index in [4.69, 9.17) is 10.8 Å². The number of amides is 5. The molecule has 1 rings (SSSR count). The maximum absolute atomic E-state index is 12.1. The van der Waals surface area contributed by atoms with E-state index in [1.807, 2.05) is 0 Å². The van der Waals surface area contributed by atoms with Gasteiger partial charge >= 0.3 is 12.0 Å². The van der Waals surface area contributed by atoms with Crippen molar-refractivity contribution in [1.29, 1.82) is 0 Å². The van der Waals surface area contributed by atoms with Gasteiger partial charge in [0.1, 0.15) is 18.1 Å². The van der Waals surface area contributed by atoms with Crippen molar-refractivity contribution in [2.24, 2.45) is 5.73 Å². The molecule has 0 unspecified atom stereocenters. The predicted octanol–water partition coefficient (Wildman–Crippen LogP) is -2.24. The Labute approximate surface area is 119 Å². The number of carboxylic acids is 1. The van der Waals surface area contributed by atoms with Crippen LogP contribution in [0.2, 0.25) is 0 Å². The zero-order valence-corrected chi connectivity index (χ0v) is 11.5. The number of carboxylic acid groups (broad SMARTS) is 1. The normalized spacial score (nSPS) is 18.7. The maximum atomic E-state index is 12.1. The van der Waals surface area contributed by atoms with Gasteiger partial charge in [-0.05, 0) is 13.8 Å². The number of nitrogens with one attached hydrogen (secondary N) is 2. The molecule has 0 aromatic heterocycles. The van der Waals surface area contributed by atoms with Crippen LogP contribution in [-0.4, -0.2) is 57.9 Å². The van der Waals surface area contributed by atoms with Crippen molar-refractivity contribution in [1.82, 2.24) is 15.5 Å². The lowest BCUT2D eigenvalue weighted by atomic mass is 9.99. The molecule has 0 aliphatic carbocycles. The smallest absolute Gasteiger partial charge is 0.326 e. The van der Waals surface area contributed by atoms with Gasteiger partial charge in [-0.15, -0.1) is 0 Å². The van der Waals surface area contributed by atoms with Gasteiger partial charge in [0, 0.05) is 0 Å². The molecule has 1 aliphatic rings. The molecular formula is C11H16N4O6. The second kappa shape index (κ2) is 5.77. The summed E-state index contributed by atoms with van der Waals surface area (Å²) in [4.78, 5) is 57.7. The van der Waals surface area contributed by atoms with E-state index >= 15 is 0 Å². The zero-order chi connectivity index (χ0) is 16.4. The molecule has 0 spiro atoms. The van der Waals surface area contributed by atoms with Crippen LogP contribution in [0, 0.1) is 0 Å². The van der Waals surface area contributed by atoms with Crippen molar-refractivity contribution >= 4 is 29.7 Å². The largest absolute Gasteiger partial charge is 0.480 e. The van der Waals surface area contributed by atoms with Crippen molar-refractivity contribution in [2.45, 2.75) is 31.8 Å². The first-order valence-corrected chi connectivity index (χ1v) is 5.99. The molecule has 0 aromatic rings. The average molecular weight is 300 g/mol. The second-order valence-electron chi connectivity index (χ2n) is 5.03. The number of nitrogens with zero attached hydrogens (tertiary/aromatic N) is 1. The highest BCUT2D eigenvalue weighted by Crippen LogP contribution is 2.18. The molecule has 1 fully saturated rings. The van der Waals surface area contributed by atoms with Crippen molar-refractivity contribution in [3.05, 3.63) is 0 Å². The molecule has 116 valence electrons. The van der Waals surface area contributed by atoms with Crippen LogP contribution >= 0.6 is 0 Å². The number of rotatable bonds is 4. The standard InChI is InChI=1S/C11H16N4O6/c1-11(2)9(20)14-7(17)4-15(11)10(21)13-5(8(18)19)3-6(12)16/h5H,3-4H2,1-2H3,(H2,12,16)(H,13,21)(H,18,19)(H,14,17,20)/t5-/m1/s1. The van der Waals surface area contributed by atoms with E-state index in [2.05, 4.69) is 10.6 Å². The summed E-state index contributed by atoms with van der Waals surface area (Å²) in [7, 11) is 0. The van der Waals surface area contributed by atoms with E-state index in [1.54, 1.807) is 0 Å². The number of primary amides is 1. The first-order chi connectivity index (χ1) is 9.55. The zero-order valence-electron chi connectivity index (χ0n) is 11.5. The van der Waals surface area contributed by atoms with Crippen molar-refractivity contribution < 1.29 is 29.1 Å². The summed E-state index contributed by atoms with van der Waals surface area (Å²) in [5.74, 6) is -3.73. The Morgan fingerprint density at radius 1 is 1.43 bits per heavy atom. The third-order valence-corrected chi connectivity index (χ3v) is 3.03. The Morgan fingerprint density at radius 3 is 2.48 bits per heavy atom. The lowest BCUT2D eigenvalue weighted by molar-refractivity contribution is -0.143. The van der Waals surface area contributed by atoms with Gasteiger partial charge in [0.15, 0.2) is 0 Å². The predicted molar refractivity (Wildman–Crippen MR) is 67.7 cm³/mol. The van der Waals surface area contributed by atoms with E-state index in [0.29, 0.717) is 0 Å². The van der Waals surface area contributed by atoms with Crippen LogP contribution in [0.3, 0.4) is 0 Å². The molecule has 1 saturated heterocycles. The van der Waals surface area contributed by atoms with Gasteiger partial charge in [0.25, 0.3) is 5.91 Å². The number of imide groups is 1. The molecule has 1 heterocycles. The molecule has 0 aromatic carbocycles. The molecule has 5 amide bonds. The van der Waals surface area contributed by atoms with E-state index in [-0.39, 0.29) is 0 Å². The highest BCUT2D eigenvalue weighted by molar-refractivity contribution is 6.06. The van der Waals surface area contributed by atoms with Crippen LogP contribution in [0.15, 0.2) is 0 Å². The van der Waals surface area contributed by atoms with E-state index < -0.39 is 54.3 Å². The molecule has 0 saturated carbocycles. The molecule has 0 radical (unpaired) electrons. The summed E-state index contributed by atoms with van der Waals surface area (Å²) in [5, 5.41) is 13.1. The summed E-state index contributed by atoms with van der Waals surface area (Å²) in [6.07, 6.45) is -0.602. The number of aliphatic carboxylic acids is 1. The highest BCUT2D eigenvalue weighted by atomic mass is 16.4. The van der Waals surface area contributed by atoms with Gasteiger partial charge in [-0.3, -0.25) is 19.7 Å². The summed E-state index contributed by atoms with van der Waals surface area (Å²) in [6.45, 7) is 2.39. The van der Waals surface area contributed by atoms with Gasteiger partial charge < -0.3 is 21.1 Å². The number of piperazine rings is 1. The quantitative estimate of drug-likeness (QED) is 0.430. The maximum Gasteiger partial charge on any atom is 0.326 e. The van der Waals surface area contributed by atoms with Crippen LogP contribution < -0.4 is 16.4 Å². The number of urea groups is 1. The van der Waals surface area contributed by atoms with Crippen molar-refractivity contribution in [3.8, 4) is 0 Å². The lowest BCUT2D eigenvalue weighted by Crippen LogP contribution is -2.67. The first-order valence-electron chi connectivity index (χ1n) is 5.99. The van der Waals surface area contributed by atoms with Gasteiger partial charge in [0.2, 0.25) is 11.8 Å². The van der Waals surface area contributed by atoms with Gasteiger partial charge in [0.05, 0.1) is 6.42 Å². The molecule has 1 atom stereocenters. The monoisotopic (exact) mass is 300 g/mol. The minimum absolute atomic E-state index is 0.409. The molecule has 0 bridgehead atoms. The summed E-state index contributed by atoms with van der Waals surface area (Å²) < 4.78 is 0. The number of carbonyl (C=O) groups is 5. The number of hydrogen-bond acceptors (Lipinski definition) is 5. The van der Waals surface area contributed by atoms with Crippen LogP contribution in [0.1, 0.15) is 20.3 Å². The Hall–Kier alpha value is -2.65. The molecule has 21 heavy (non-hydrogen) atoms. The minimum Gasteiger partial charge on any atom is -0.480 e. The van der Waals surface area contributed by atoms with E-state index in [1.165, 1.54) is 13.8 Å². The molecule has 5 N–H and O–H groups in total. The van der Waals surface area contributed by atoms with Gasteiger partial charge in [-0.1, -0.05) is 0 Å².